The fourth-order valence-corrected chi connectivity index (χ4v) is 6.18. The van der Waals surface area contributed by atoms with Gasteiger partial charge in [0.1, 0.15) is 18.1 Å². The van der Waals surface area contributed by atoms with Crippen molar-refractivity contribution in [2.24, 2.45) is 5.92 Å². The molecule has 2 aromatic rings. The van der Waals surface area contributed by atoms with Gasteiger partial charge in [-0.05, 0) is 31.9 Å². The predicted molar refractivity (Wildman–Crippen MR) is 117 cm³/mol. The van der Waals surface area contributed by atoms with E-state index >= 15 is 0 Å². The van der Waals surface area contributed by atoms with Crippen molar-refractivity contribution in [2.45, 2.75) is 49.1 Å². The van der Waals surface area contributed by atoms with Gasteiger partial charge in [0.15, 0.2) is 6.10 Å². The van der Waals surface area contributed by atoms with Crippen LogP contribution >= 0.6 is 11.8 Å². The van der Waals surface area contributed by atoms with E-state index in [1.807, 2.05) is 74.5 Å². The van der Waals surface area contributed by atoms with Gasteiger partial charge in [-0.25, -0.2) is 4.79 Å². The van der Waals surface area contributed by atoms with Crippen LogP contribution in [0.2, 0.25) is 0 Å². The molecule has 2 aliphatic rings. The van der Waals surface area contributed by atoms with Crippen molar-refractivity contribution in [2.75, 3.05) is 0 Å². The molecule has 31 heavy (non-hydrogen) atoms. The van der Waals surface area contributed by atoms with Crippen LogP contribution < -0.4 is 0 Å². The molecule has 2 fully saturated rings. The van der Waals surface area contributed by atoms with Crippen molar-refractivity contribution in [3.05, 3.63) is 71.8 Å². The van der Waals surface area contributed by atoms with Gasteiger partial charge in [-0.15, -0.1) is 11.8 Å². The highest BCUT2D eigenvalue weighted by Crippen LogP contribution is 2.54. The Morgan fingerprint density at radius 2 is 1.61 bits per heavy atom. The number of rotatable bonds is 7. The van der Waals surface area contributed by atoms with Crippen molar-refractivity contribution in [3.8, 4) is 0 Å². The molecule has 2 aliphatic heterocycles. The molecular formula is C24H25NO5S. The van der Waals surface area contributed by atoms with E-state index in [1.165, 1.54) is 0 Å². The van der Waals surface area contributed by atoms with Crippen LogP contribution in [0.15, 0.2) is 60.7 Å². The molecule has 2 aromatic carbocycles. The van der Waals surface area contributed by atoms with Gasteiger partial charge >= 0.3 is 5.97 Å². The third-order valence-electron chi connectivity index (χ3n) is 5.92. The number of nitrogens with zero attached hydrogens (tertiary/aromatic N) is 1. The Morgan fingerprint density at radius 3 is 2.13 bits per heavy atom. The molecule has 0 bridgehead atoms. The zero-order chi connectivity index (χ0) is 22.2. The van der Waals surface area contributed by atoms with Gasteiger partial charge in [0, 0.05) is 4.75 Å². The van der Waals surface area contributed by atoms with Gasteiger partial charge < -0.3 is 14.4 Å². The molecule has 0 aromatic heterocycles. The first-order valence-corrected chi connectivity index (χ1v) is 11.1. The Balaban J connectivity index is 1.59. The Morgan fingerprint density at radius 1 is 1.06 bits per heavy atom. The van der Waals surface area contributed by atoms with Crippen molar-refractivity contribution in [1.82, 2.24) is 4.90 Å². The fourth-order valence-electron chi connectivity index (χ4n) is 4.39. The molecule has 2 saturated heterocycles. The highest BCUT2D eigenvalue weighted by atomic mass is 32.2. The quantitative estimate of drug-likeness (QED) is 0.373. The zero-order valence-electron chi connectivity index (χ0n) is 17.6. The number of amides is 1. The van der Waals surface area contributed by atoms with Crippen LogP contribution in [0.5, 0.6) is 0 Å². The van der Waals surface area contributed by atoms with E-state index in [2.05, 4.69) is 0 Å². The largest absolute Gasteiger partial charge is 0.464 e. The summed E-state index contributed by atoms with van der Waals surface area (Å²) in [7, 11) is 0. The molecule has 4 rings (SSSR count). The number of fused-ring (bicyclic) bond motifs is 1. The summed E-state index contributed by atoms with van der Waals surface area (Å²) in [6, 6.07) is 18.4. The van der Waals surface area contributed by atoms with Gasteiger partial charge in [0.25, 0.3) is 6.47 Å². The average molecular weight is 440 g/mol. The summed E-state index contributed by atoms with van der Waals surface area (Å²) in [6.07, 6.45) is -1.11. The van der Waals surface area contributed by atoms with Gasteiger partial charge in [0.05, 0.1) is 5.37 Å². The van der Waals surface area contributed by atoms with Crippen molar-refractivity contribution < 1.29 is 23.9 Å². The van der Waals surface area contributed by atoms with Crippen molar-refractivity contribution in [3.63, 3.8) is 0 Å². The lowest BCUT2D eigenvalue weighted by Gasteiger charge is -2.45. The second kappa shape index (κ2) is 8.38. The average Bonchev–Trinajstić information content (AvgIpc) is 3.00. The Bertz CT molecular complexity index is 925. The summed E-state index contributed by atoms with van der Waals surface area (Å²) >= 11 is 1.55. The van der Waals surface area contributed by atoms with Crippen LogP contribution in [-0.2, 0) is 23.9 Å². The third-order valence-corrected chi connectivity index (χ3v) is 7.51. The number of thioether (sulfide) groups is 1. The van der Waals surface area contributed by atoms with E-state index in [-0.39, 0.29) is 11.3 Å². The SMILES string of the molecule is CC(OC=O)[C@@H]1C(=O)N2[C@@H]1SC(C)(C)[C@@H]2C(=O)OC(c1ccccc1)c1ccccc1. The zero-order valence-corrected chi connectivity index (χ0v) is 18.5. The Kier molecular flexibility index (Phi) is 5.79. The summed E-state index contributed by atoms with van der Waals surface area (Å²) < 4.78 is 10.5. The van der Waals surface area contributed by atoms with E-state index in [4.69, 9.17) is 9.47 Å². The van der Waals surface area contributed by atoms with E-state index < -0.39 is 34.9 Å². The molecule has 7 heteroatoms. The number of hydrogen-bond acceptors (Lipinski definition) is 6. The van der Waals surface area contributed by atoms with E-state index in [0.717, 1.165) is 11.1 Å². The molecule has 0 radical (unpaired) electrons. The lowest BCUT2D eigenvalue weighted by atomic mass is 9.88. The molecule has 0 N–H and O–H groups in total. The van der Waals surface area contributed by atoms with Crippen LogP contribution in [0.3, 0.4) is 0 Å². The van der Waals surface area contributed by atoms with Crippen LogP contribution in [0.1, 0.15) is 38.0 Å². The molecule has 1 amide bonds. The summed E-state index contributed by atoms with van der Waals surface area (Å²) in [4.78, 5) is 38.6. The van der Waals surface area contributed by atoms with E-state index in [1.54, 1.807) is 23.6 Å². The Hall–Kier alpha value is -2.80. The fraction of sp³-hybridized carbons (Fsp3) is 0.375. The topological polar surface area (TPSA) is 72.9 Å². The lowest BCUT2D eigenvalue weighted by Crippen LogP contribution is -2.65. The summed E-state index contributed by atoms with van der Waals surface area (Å²) in [5.74, 6) is -1.07. The minimum atomic E-state index is -0.718. The molecule has 0 spiro atoms. The van der Waals surface area contributed by atoms with E-state index in [9.17, 15) is 14.4 Å². The highest BCUT2D eigenvalue weighted by Gasteiger charge is 2.65. The molecule has 1 unspecified atom stereocenters. The molecule has 0 saturated carbocycles. The smallest absolute Gasteiger partial charge is 0.331 e. The van der Waals surface area contributed by atoms with Crippen LogP contribution in [0, 0.1) is 5.92 Å². The van der Waals surface area contributed by atoms with Crippen molar-refractivity contribution in [1.29, 1.82) is 0 Å². The first-order chi connectivity index (χ1) is 14.8. The maximum absolute atomic E-state index is 13.4. The summed E-state index contributed by atoms with van der Waals surface area (Å²) in [5.41, 5.74) is 1.73. The van der Waals surface area contributed by atoms with Crippen LogP contribution in [0.25, 0.3) is 0 Å². The number of carbonyl (C=O) groups is 3. The summed E-state index contributed by atoms with van der Waals surface area (Å²) in [6.45, 7) is 5.95. The molecule has 0 aliphatic carbocycles. The highest BCUT2D eigenvalue weighted by molar-refractivity contribution is 8.01. The Labute approximate surface area is 185 Å². The van der Waals surface area contributed by atoms with Gasteiger partial charge in [0.2, 0.25) is 5.91 Å². The predicted octanol–water partition coefficient (Wildman–Crippen LogP) is 3.56. The van der Waals surface area contributed by atoms with E-state index in [0.29, 0.717) is 6.47 Å². The van der Waals surface area contributed by atoms with Crippen LogP contribution in [-0.4, -0.2) is 45.5 Å². The lowest BCUT2D eigenvalue weighted by molar-refractivity contribution is -0.175. The second-order valence-electron chi connectivity index (χ2n) is 8.36. The summed E-state index contributed by atoms with van der Waals surface area (Å²) in [5, 5.41) is -0.220. The first-order valence-electron chi connectivity index (χ1n) is 10.2. The van der Waals surface area contributed by atoms with Gasteiger partial charge in [-0.2, -0.15) is 0 Å². The normalized spacial score (nSPS) is 24.8. The van der Waals surface area contributed by atoms with Crippen LogP contribution in [0.4, 0.5) is 0 Å². The monoisotopic (exact) mass is 439 g/mol. The number of carbonyl (C=O) groups excluding carboxylic acids is 3. The number of hydrogen-bond donors (Lipinski definition) is 0. The molecular weight excluding hydrogens is 414 g/mol. The third kappa shape index (κ3) is 3.83. The number of benzene rings is 2. The minimum Gasteiger partial charge on any atom is -0.464 e. The molecule has 6 nitrogen and oxygen atoms in total. The van der Waals surface area contributed by atoms with Crippen molar-refractivity contribution >= 4 is 30.1 Å². The minimum absolute atomic E-state index is 0.185. The van der Waals surface area contributed by atoms with Gasteiger partial charge in [-0.1, -0.05) is 60.7 Å². The number of ether oxygens (including phenoxy) is 2. The number of esters is 1. The maximum atomic E-state index is 13.4. The van der Waals surface area contributed by atoms with Gasteiger partial charge in [-0.3, -0.25) is 9.59 Å². The first kappa shape index (κ1) is 21.4. The maximum Gasteiger partial charge on any atom is 0.331 e. The standard InChI is InChI=1S/C24H25NO5S/c1-15(29-14-26)18-21(27)25-20(24(2,3)31-22(18)25)23(28)30-19(16-10-6-4-7-11-16)17-12-8-5-9-13-17/h4-15,18-20,22H,1-3H3/t15?,18-,20+,22-/m1/s1. The number of β-lactam (4-membered cyclic amide) rings is 1. The second-order valence-corrected chi connectivity index (χ2v) is 10.1. The molecule has 162 valence electrons. The molecule has 4 atom stereocenters. The molecule has 2 heterocycles.